The number of aliphatic carboxylic acids is 1. The molecule has 10 heavy (non-hydrogen) atoms. The van der Waals surface area contributed by atoms with E-state index in [0.29, 0.717) is 0 Å². The van der Waals surface area contributed by atoms with Gasteiger partial charge in [0.25, 0.3) is 0 Å². The fourth-order valence-corrected chi connectivity index (χ4v) is 0. The fourth-order valence-electron chi connectivity index (χ4n) is 0. The molecule has 5 nitrogen and oxygen atoms in total. The van der Waals surface area contributed by atoms with Gasteiger partial charge in [-0.25, -0.2) is 9.59 Å². The molecule has 54 valence electrons. The average Bonchev–Trinajstić information content (AvgIpc) is 1.65. The van der Waals surface area contributed by atoms with Crippen LogP contribution in [0.3, 0.4) is 0 Å². The van der Waals surface area contributed by atoms with Crippen LogP contribution < -0.4 is 0 Å². The minimum atomic E-state index is -1.83. The summed E-state index contributed by atoms with van der Waals surface area (Å²) in [5.41, 5.74) is 0. The van der Waals surface area contributed by atoms with Crippen molar-refractivity contribution in [2.45, 2.75) is 0 Å². The van der Waals surface area contributed by atoms with Gasteiger partial charge in [-0.2, -0.15) is 0 Å². The molecule has 0 spiro atoms. The van der Waals surface area contributed by atoms with Crippen molar-refractivity contribution < 1.29 is 24.9 Å². The quantitative estimate of drug-likeness (QED) is 0.363. The predicted molar refractivity (Wildman–Crippen MR) is 35.6 cm³/mol. The fraction of sp³-hybridized carbons (Fsp3) is 0. The van der Waals surface area contributed by atoms with E-state index in [1.165, 1.54) is 0 Å². The Morgan fingerprint density at radius 1 is 1.20 bits per heavy atom. The molecule has 0 atom stereocenters. The molecule has 0 saturated carbocycles. The summed E-state index contributed by atoms with van der Waals surface area (Å²) in [5, 5.41) is 21.5. The Morgan fingerprint density at radius 2 is 1.30 bits per heavy atom. The molecule has 6 heteroatoms. The van der Waals surface area contributed by atoms with Crippen LogP contribution in [0.5, 0.6) is 0 Å². The van der Waals surface area contributed by atoms with E-state index in [2.05, 4.69) is 6.58 Å². The van der Waals surface area contributed by atoms with Crippen LogP contribution in [0.1, 0.15) is 0 Å². The zero-order valence-corrected chi connectivity index (χ0v) is 4.44. The second-order valence-electron chi connectivity index (χ2n) is 0.825. The molecular weight excluding hydrogens is 151 g/mol. The molecule has 0 aromatic heterocycles. The van der Waals surface area contributed by atoms with Crippen molar-refractivity contribution in [3.63, 3.8) is 0 Å². The summed E-state index contributed by atoms with van der Waals surface area (Å²) in [7, 11) is 0. The minimum absolute atomic E-state index is 0. The number of carboxylic acids is 1. The first kappa shape index (κ1) is 16.2. The molecule has 0 radical (unpaired) electrons. The Bertz CT molecular complexity index is 117. The summed E-state index contributed by atoms with van der Waals surface area (Å²) in [6.45, 7) is 2.96. The number of carbonyl (C=O) groups is 2. The average molecular weight is 158 g/mol. The Balaban J connectivity index is -0.0000000910. The first-order valence-electron chi connectivity index (χ1n) is 1.78. The van der Waals surface area contributed by atoms with Crippen LogP contribution in [0.2, 0.25) is 0 Å². The molecule has 0 unspecified atom stereocenters. The van der Waals surface area contributed by atoms with E-state index >= 15 is 0 Å². The van der Waals surface area contributed by atoms with Gasteiger partial charge >= 0.3 is 41.7 Å². The SMILES string of the molecule is C=CC(=O)O.O=C(O)O.[NaH]. The zero-order valence-electron chi connectivity index (χ0n) is 4.44. The van der Waals surface area contributed by atoms with Crippen molar-refractivity contribution in [1.82, 2.24) is 0 Å². The van der Waals surface area contributed by atoms with Crippen molar-refractivity contribution in [2.75, 3.05) is 0 Å². The Morgan fingerprint density at radius 3 is 1.30 bits per heavy atom. The van der Waals surface area contributed by atoms with Gasteiger partial charge in [0.05, 0.1) is 0 Å². The first-order valence-corrected chi connectivity index (χ1v) is 1.78. The molecule has 0 aliphatic heterocycles. The van der Waals surface area contributed by atoms with Gasteiger partial charge in [0.15, 0.2) is 0 Å². The van der Waals surface area contributed by atoms with Crippen molar-refractivity contribution in [3.05, 3.63) is 12.7 Å². The number of hydrogen-bond acceptors (Lipinski definition) is 2. The maximum absolute atomic E-state index is 9.25. The van der Waals surface area contributed by atoms with E-state index in [1.807, 2.05) is 0 Å². The summed E-state index contributed by atoms with van der Waals surface area (Å²) in [6.07, 6.45) is -1.00. The standard InChI is InChI=1S/C3H4O2.CH2O3.Na.H/c1-2-3(4)5;2-1(3)4;;/h2H,1H2,(H,4,5);(H2,2,3,4);;. The molecule has 0 rings (SSSR count). The molecule has 0 bridgehead atoms. The first-order chi connectivity index (χ1) is 4.00. The van der Waals surface area contributed by atoms with E-state index in [4.69, 9.17) is 20.1 Å². The van der Waals surface area contributed by atoms with Crippen LogP contribution in [0.4, 0.5) is 4.79 Å². The van der Waals surface area contributed by atoms with Gasteiger partial charge in [-0.3, -0.25) is 0 Å². The third-order valence-electron chi connectivity index (χ3n) is 0.175. The molecule has 0 aliphatic rings. The summed E-state index contributed by atoms with van der Waals surface area (Å²) >= 11 is 0. The van der Waals surface area contributed by atoms with Gasteiger partial charge in [-0.05, 0) is 0 Å². The van der Waals surface area contributed by atoms with Crippen molar-refractivity contribution in [1.29, 1.82) is 0 Å². The third kappa shape index (κ3) is 143. The molecule has 0 heterocycles. The van der Waals surface area contributed by atoms with Crippen LogP contribution in [0.25, 0.3) is 0 Å². The van der Waals surface area contributed by atoms with Gasteiger partial charge in [0.1, 0.15) is 0 Å². The topological polar surface area (TPSA) is 94.8 Å². The zero-order chi connectivity index (χ0) is 7.86. The summed E-state index contributed by atoms with van der Waals surface area (Å²) in [4.78, 5) is 17.8. The molecule has 0 amide bonds. The Hall–Kier alpha value is -0.520. The molecule has 0 saturated heterocycles. The molecule has 0 aliphatic carbocycles. The van der Waals surface area contributed by atoms with Crippen molar-refractivity contribution >= 4 is 41.7 Å². The van der Waals surface area contributed by atoms with E-state index < -0.39 is 12.1 Å². The van der Waals surface area contributed by atoms with E-state index in [0.717, 1.165) is 6.08 Å². The predicted octanol–water partition coefficient (Wildman–Crippen LogP) is -0.169. The number of carboxylic acid groups (broad SMARTS) is 3. The van der Waals surface area contributed by atoms with Crippen molar-refractivity contribution in [2.24, 2.45) is 0 Å². The van der Waals surface area contributed by atoms with Crippen molar-refractivity contribution in [3.8, 4) is 0 Å². The normalized spacial score (nSPS) is 5.60. The van der Waals surface area contributed by atoms with Gasteiger partial charge in [0, 0.05) is 6.08 Å². The maximum atomic E-state index is 9.25. The molecule has 3 N–H and O–H groups in total. The number of hydrogen-bond donors (Lipinski definition) is 3. The van der Waals surface area contributed by atoms with Gasteiger partial charge in [0.2, 0.25) is 0 Å². The van der Waals surface area contributed by atoms with E-state index in [1.54, 1.807) is 0 Å². The van der Waals surface area contributed by atoms with Crippen LogP contribution in [-0.4, -0.2) is 57.0 Å². The Labute approximate surface area is 79.3 Å². The van der Waals surface area contributed by atoms with Crippen LogP contribution >= 0.6 is 0 Å². The van der Waals surface area contributed by atoms with E-state index in [-0.39, 0.29) is 29.6 Å². The van der Waals surface area contributed by atoms with Crippen LogP contribution in [0.15, 0.2) is 12.7 Å². The summed E-state index contributed by atoms with van der Waals surface area (Å²) in [6, 6.07) is 0. The third-order valence-corrected chi connectivity index (χ3v) is 0.175. The summed E-state index contributed by atoms with van der Waals surface area (Å²) in [5.74, 6) is -0.981. The molecule has 0 fully saturated rings. The van der Waals surface area contributed by atoms with Gasteiger partial charge in [-0.15, -0.1) is 0 Å². The number of rotatable bonds is 1. The molecule has 0 aromatic carbocycles. The van der Waals surface area contributed by atoms with Crippen LogP contribution in [-0.2, 0) is 4.79 Å². The summed E-state index contributed by atoms with van der Waals surface area (Å²) < 4.78 is 0. The second-order valence-corrected chi connectivity index (χ2v) is 0.825. The second kappa shape index (κ2) is 11.3. The van der Waals surface area contributed by atoms with Gasteiger partial charge < -0.3 is 15.3 Å². The van der Waals surface area contributed by atoms with Gasteiger partial charge in [-0.1, -0.05) is 6.58 Å². The monoisotopic (exact) mass is 158 g/mol. The molecule has 0 aromatic rings. The van der Waals surface area contributed by atoms with Crippen LogP contribution in [0, 0.1) is 0 Å². The Kier molecular flexibility index (Phi) is 18.3. The van der Waals surface area contributed by atoms with E-state index in [9.17, 15) is 4.79 Å². The molecular formula is C4H7NaO5.